The minimum Gasteiger partial charge on any atom is -0.326 e. The third-order valence-corrected chi connectivity index (χ3v) is 4.96. The van der Waals surface area contributed by atoms with Crippen LogP contribution >= 0.6 is 0 Å². The highest BCUT2D eigenvalue weighted by molar-refractivity contribution is 6.04. The number of hydrogen-bond acceptors (Lipinski definition) is 5. The third kappa shape index (κ3) is 4.30. The van der Waals surface area contributed by atoms with Crippen LogP contribution in [0.5, 0.6) is 0 Å². The van der Waals surface area contributed by atoms with Crippen LogP contribution in [0.25, 0.3) is 0 Å². The van der Waals surface area contributed by atoms with Crippen LogP contribution < -0.4 is 21.5 Å². The van der Waals surface area contributed by atoms with Crippen molar-refractivity contribution in [3.63, 3.8) is 0 Å². The second kappa shape index (κ2) is 8.02. The number of amides is 2. The summed E-state index contributed by atoms with van der Waals surface area (Å²) in [5.74, 6) is -2.70. The molecule has 0 aliphatic carbocycles. The number of H-pyrrole nitrogens is 1. The molecule has 31 heavy (non-hydrogen) atoms. The minimum atomic E-state index is -1.10. The molecule has 2 aromatic carbocycles. The van der Waals surface area contributed by atoms with Crippen molar-refractivity contribution in [1.29, 1.82) is 0 Å². The van der Waals surface area contributed by atoms with Gasteiger partial charge in [0, 0.05) is 12.1 Å². The molecular formula is C22H20FN5O3. The van der Waals surface area contributed by atoms with E-state index in [2.05, 4.69) is 25.9 Å². The van der Waals surface area contributed by atoms with Gasteiger partial charge in [-0.2, -0.15) is 4.98 Å². The topological polar surface area (TPSA) is 116 Å². The molecule has 4 N–H and O–H groups in total. The van der Waals surface area contributed by atoms with Gasteiger partial charge in [0.05, 0.1) is 17.2 Å². The Balaban J connectivity index is 1.64. The molecule has 9 heteroatoms. The van der Waals surface area contributed by atoms with E-state index in [1.165, 1.54) is 12.1 Å². The first-order chi connectivity index (χ1) is 14.8. The molecule has 1 aromatic heterocycles. The fourth-order valence-electron chi connectivity index (χ4n) is 3.37. The lowest BCUT2D eigenvalue weighted by Gasteiger charge is -2.23. The van der Waals surface area contributed by atoms with Crippen LogP contribution in [0.1, 0.15) is 29.0 Å². The number of fused-ring (bicyclic) bond motifs is 1. The summed E-state index contributed by atoms with van der Waals surface area (Å²) in [6.07, 6.45) is -0.248. The van der Waals surface area contributed by atoms with Crippen LogP contribution in [0.15, 0.2) is 47.3 Å². The maximum absolute atomic E-state index is 14.1. The fourth-order valence-corrected chi connectivity index (χ4v) is 3.37. The second-order valence-electron chi connectivity index (χ2n) is 7.45. The Labute approximate surface area is 176 Å². The lowest BCUT2D eigenvalue weighted by Crippen LogP contribution is -2.36. The average Bonchev–Trinajstić information content (AvgIpc) is 2.71. The van der Waals surface area contributed by atoms with E-state index in [9.17, 15) is 18.8 Å². The number of hydrogen-bond donors (Lipinski definition) is 4. The van der Waals surface area contributed by atoms with E-state index < -0.39 is 29.1 Å². The first-order valence-electron chi connectivity index (χ1n) is 9.65. The normalized spacial score (nSPS) is 15.1. The Hall–Kier alpha value is -4.01. The van der Waals surface area contributed by atoms with E-state index >= 15 is 0 Å². The number of carbonyl (C=O) groups is 2. The zero-order valence-corrected chi connectivity index (χ0v) is 16.9. The summed E-state index contributed by atoms with van der Waals surface area (Å²) in [5.41, 5.74) is 1.91. The molecule has 1 aliphatic heterocycles. The fraction of sp³-hybridized carbons (Fsp3) is 0.182. The van der Waals surface area contributed by atoms with Crippen molar-refractivity contribution < 1.29 is 14.0 Å². The molecule has 0 saturated carbocycles. The molecule has 2 heterocycles. The lowest BCUT2D eigenvalue weighted by molar-refractivity contribution is -0.123. The summed E-state index contributed by atoms with van der Waals surface area (Å²) >= 11 is 0. The number of aromatic nitrogens is 2. The van der Waals surface area contributed by atoms with Crippen LogP contribution in [-0.4, -0.2) is 21.8 Å². The summed E-state index contributed by atoms with van der Waals surface area (Å²) in [7, 11) is 0. The molecule has 2 amide bonds. The first kappa shape index (κ1) is 20.3. The maximum Gasteiger partial charge on any atom is 0.258 e. The Morgan fingerprint density at radius 3 is 2.52 bits per heavy atom. The molecule has 158 valence electrons. The lowest BCUT2D eigenvalue weighted by atomic mass is 9.92. The standard InChI is InChI=1S/C22H20FN5O3/c1-11-3-6-13(7-4-11)24-22-27-19-18(21(31)28-22)14(10-17(29)26-19)20(30)25-16-8-5-12(2)9-15(16)23/h3-9,14H,10H2,1-2H3,(H,25,30)(H3,24,26,27,28,29,31)/t14-/m0/s1. The first-order valence-corrected chi connectivity index (χ1v) is 9.65. The van der Waals surface area contributed by atoms with Gasteiger partial charge >= 0.3 is 0 Å². The molecule has 1 atom stereocenters. The van der Waals surface area contributed by atoms with E-state index in [-0.39, 0.29) is 29.4 Å². The van der Waals surface area contributed by atoms with E-state index in [1.54, 1.807) is 13.0 Å². The van der Waals surface area contributed by atoms with Crippen molar-refractivity contribution in [2.45, 2.75) is 26.2 Å². The number of nitrogens with zero attached hydrogens (tertiary/aromatic N) is 1. The van der Waals surface area contributed by atoms with Gasteiger partial charge in [-0.1, -0.05) is 23.8 Å². The molecule has 0 unspecified atom stereocenters. The summed E-state index contributed by atoms with van der Waals surface area (Å²) in [6.45, 7) is 3.68. The monoisotopic (exact) mass is 421 g/mol. The van der Waals surface area contributed by atoms with Crippen molar-refractivity contribution in [3.8, 4) is 0 Å². The largest absolute Gasteiger partial charge is 0.326 e. The highest BCUT2D eigenvalue weighted by atomic mass is 19.1. The van der Waals surface area contributed by atoms with Crippen molar-refractivity contribution >= 4 is 35.0 Å². The maximum atomic E-state index is 14.1. The van der Waals surface area contributed by atoms with Crippen LogP contribution in [0, 0.1) is 19.7 Å². The number of rotatable bonds is 4. The molecular weight excluding hydrogens is 401 g/mol. The minimum absolute atomic E-state index is 0.000797. The van der Waals surface area contributed by atoms with Gasteiger partial charge in [0.2, 0.25) is 17.8 Å². The van der Waals surface area contributed by atoms with Gasteiger partial charge in [0.25, 0.3) is 5.56 Å². The Morgan fingerprint density at radius 2 is 1.81 bits per heavy atom. The van der Waals surface area contributed by atoms with E-state index in [0.717, 1.165) is 5.56 Å². The SMILES string of the molecule is Cc1ccc(Nc2nc3c(c(=O)[nH]2)[C@@H](C(=O)Nc2ccc(C)cc2F)CC(=O)N3)cc1. The molecule has 0 saturated heterocycles. The van der Waals surface area contributed by atoms with Crippen LogP contribution in [0.3, 0.4) is 0 Å². The summed E-state index contributed by atoms with van der Waals surface area (Å²) in [5, 5.41) is 7.97. The molecule has 0 fully saturated rings. The molecule has 4 rings (SSSR count). The Morgan fingerprint density at radius 1 is 1.10 bits per heavy atom. The van der Waals surface area contributed by atoms with Crippen LogP contribution in [0.4, 0.5) is 27.5 Å². The van der Waals surface area contributed by atoms with E-state index in [1.807, 2.05) is 31.2 Å². The molecule has 1 aliphatic rings. The van der Waals surface area contributed by atoms with E-state index in [4.69, 9.17) is 0 Å². The number of benzene rings is 2. The van der Waals surface area contributed by atoms with Gasteiger partial charge in [0.1, 0.15) is 11.6 Å². The number of aryl methyl sites for hydroxylation is 2. The van der Waals surface area contributed by atoms with Crippen molar-refractivity contribution in [2.75, 3.05) is 16.0 Å². The van der Waals surface area contributed by atoms with Gasteiger partial charge in [-0.15, -0.1) is 0 Å². The predicted octanol–water partition coefficient (Wildman–Crippen LogP) is 3.33. The van der Waals surface area contributed by atoms with Crippen LogP contribution in [0.2, 0.25) is 0 Å². The Bertz CT molecular complexity index is 1240. The summed E-state index contributed by atoms with van der Waals surface area (Å²) < 4.78 is 14.1. The van der Waals surface area contributed by atoms with Crippen molar-refractivity contribution in [2.24, 2.45) is 0 Å². The number of nitrogens with one attached hydrogen (secondary N) is 4. The quantitative estimate of drug-likeness (QED) is 0.516. The van der Waals surface area contributed by atoms with Gasteiger partial charge < -0.3 is 16.0 Å². The molecule has 0 radical (unpaired) electrons. The summed E-state index contributed by atoms with van der Waals surface area (Å²) in [4.78, 5) is 44.6. The average molecular weight is 421 g/mol. The molecule has 0 bridgehead atoms. The van der Waals surface area contributed by atoms with Gasteiger partial charge in [-0.3, -0.25) is 19.4 Å². The second-order valence-corrected chi connectivity index (χ2v) is 7.45. The Kier molecular flexibility index (Phi) is 5.24. The molecule has 8 nitrogen and oxygen atoms in total. The number of aromatic amines is 1. The zero-order chi connectivity index (χ0) is 22.1. The smallest absolute Gasteiger partial charge is 0.258 e. The van der Waals surface area contributed by atoms with Crippen molar-refractivity contribution in [3.05, 3.63) is 75.3 Å². The predicted molar refractivity (Wildman–Crippen MR) is 115 cm³/mol. The highest BCUT2D eigenvalue weighted by Crippen LogP contribution is 2.30. The van der Waals surface area contributed by atoms with E-state index in [0.29, 0.717) is 11.3 Å². The van der Waals surface area contributed by atoms with Gasteiger partial charge in [-0.25, -0.2) is 4.39 Å². The number of halogens is 1. The zero-order valence-electron chi connectivity index (χ0n) is 16.9. The molecule has 0 spiro atoms. The van der Waals surface area contributed by atoms with Gasteiger partial charge in [0.15, 0.2) is 0 Å². The van der Waals surface area contributed by atoms with Crippen LogP contribution in [-0.2, 0) is 9.59 Å². The van der Waals surface area contributed by atoms with Gasteiger partial charge in [-0.05, 0) is 43.7 Å². The number of carbonyl (C=O) groups excluding carboxylic acids is 2. The summed E-state index contributed by atoms with van der Waals surface area (Å²) in [6, 6.07) is 11.8. The molecule has 3 aromatic rings. The highest BCUT2D eigenvalue weighted by Gasteiger charge is 2.35. The third-order valence-electron chi connectivity index (χ3n) is 4.96. The van der Waals surface area contributed by atoms with Crippen molar-refractivity contribution in [1.82, 2.24) is 9.97 Å². The number of anilines is 4.